The van der Waals surface area contributed by atoms with Gasteiger partial charge >= 0.3 is 0 Å². The highest BCUT2D eigenvalue weighted by atomic mass is 16.7. The first-order chi connectivity index (χ1) is 17.0. The Labute approximate surface area is 201 Å². The molecule has 3 heterocycles. The quantitative estimate of drug-likeness (QED) is 0.411. The van der Waals surface area contributed by atoms with E-state index < -0.39 is 6.04 Å². The average Bonchev–Trinajstić information content (AvgIpc) is 3.43. The van der Waals surface area contributed by atoms with Crippen LogP contribution in [-0.2, 0) is 6.54 Å². The molecule has 6 rings (SSSR count). The van der Waals surface area contributed by atoms with Gasteiger partial charge in [-0.1, -0.05) is 29.8 Å². The van der Waals surface area contributed by atoms with Crippen LogP contribution >= 0.6 is 0 Å². The lowest BCUT2D eigenvalue weighted by Gasteiger charge is -2.25. The molecule has 7 heteroatoms. The molecule has 0 unspecified atom stereocenters. The molecule has 0 saturated heterocycles. The first-order valence-corrected chi connectivity index (χ1v) is 11.5. The van der Waals surface area contributed by atoms with Crippen LogP contribution in [0, 0.1) is 6.92 Å². The van der Waals surface area contributed by atoms with Gasteiger partial charge in [-0.2, -0.15) is 0 Å². The molecule has 0 fully saturated rings. The van der Waals surface area contributed by atoms with Crippen molar-refractivity contribution in [3.05, 3.63) is 98.9 Å². The Kier molecular flexibility index (Phi) is 4.99. The van der Waals surface area contributed by atoms with Gasteiger partial charge in [0.05, 0.1) is 23.6 Å². The molecule has 0 N–H and O–H groups in total. The fraction of sp³-hybridized carbons (Fsp3) is 0.214. The Bertz CT molecular complexity index is 1540. The van der Waals surface area contributed by atoms with Crippen LogP contribution in [0.25, 0.3) is 11.0 Å². The normalized spacial score (nSPS) is 16.1. The molecule has 4 aromatic rings. The third-order valence-corrected chi connectivity index (χ3v) is 6.40. The molecule has 0 spiro atoms. The van der Waals surface area contributed by atoms with E-state index >= 15 is 0 Å². The van der Waals surface area contributed by atoms with E-state index in [0.717, 1.165) is 16.7 Å². The SMILES string of the molecule is CCOc1cccc([C@H]2c3c(oc4ccc(C)cc4c3=O)C(=O)N2Cc2ccc3c(c2)OCO3)c1. The van der Waals surface area contributed by atoms with E-state index in [9.17, 15) is 9.59 Å². The van der Waals surface area contributed by atoms with Crippen LogP contribution < -0.4 is 19.6 Å². The van der Waals surface area contributed by atoms with Gasteiger partial charge in [0.1, 0.15) is 11.3 Å². The molecule has 0 aliphatic carbocycles. The fourth-order valence-electron chi connectivity index (χ4n) is 4.82. The molecular formula is C28H23NO6. The second-order valence-corrected chi connectivity index (χ2v) is 8.70. The summed E-state index contributed by atoms with van der Waals surface area (Å²) in [5.74, 6) is 1.74. The zero-order valence-electron chi connectivity index (χ0n) is 19.4. The number of aryl methyl sites for hydroxylation is 1. The standard InChI is InChI=1S/C28H23NO6/c1-3-32-19-6-4-5-18(13-19)25-24-26(30)20-11-16(2)7-9-21(20)35-27(24)28(31)29(25)14-17-8-10-22-23(12-17)34-15-33-22/h4-13,25H,3,14-15H2,1-2H3/t25-/m0/s1. The summed E-state index contributed by atoms with van der Waals surface area (Å²) in [6, 6.07) is 17.9. The number of hydrogen-bond acceptors (Lipinski definition) is 6. The molecule has 0 saturated carbocycles. The monoisotopic (exact) mass is 469 g/mol. The zero-order chi connectivity index (χ0) is 24.1. The summed E-state index contributed by atoms with van der Waals surface area (Å²) in [4.78, 5) is 29.1. The lowest BCUT2D eigenvalue weighted by atomic mass is 9.97. The number of carbonyl (C=O) groups is 1. The number of benzene rings is 3. The molecule has 35 heavy (non-hydrogen) atoms. The maximum Gasteiger partial charge on any atom is 0.291 e. The molecule has 0 radical (unpaired) electrons. The highest BCUT2D eigenvalue weighted by molar-refractivity contribution is 5.99. The minimum absolute atomic E-state index is 0.0823. The van der Waals surface area contributed by atoms with Crippen LogP contribution in [0.1, 0.15) is 45.8 Å². The summed E-state index contributed by atoms with van der Waals surface area (Å²) in [7, 11) is 0. The smallest absolute Gasteiger partial charge is 0.291 e. The number of amides is 1. The molecule has 7 nitrogen and oxygen atoms in total. The van der Waals surface area contributed by atoms with Crippen LogP contribution in [0.5, 0.6) is 17.2 Å². The van der Waals surface area contributed by atoms with Crippen LogP contribution in [0.15, 0.2) is 69.9 Å². The summed E-state index contributed by atoms with van der Waals surface area (Å²) in [6.45, 7) is 4.78. The van der Waals surface area contributed by atoms with Crippen molar-refractivity contribution >= 4 is 16.9 Å². The Morgan fingerprint density at radius 2 is 1.86 bits per heavy atom. The van der Waals surface area contributed by atoms with Gasteiger partial charge in [-0.15, -0.1) is 0 Å². The highest BCUT2D eigenvalue weighted by Gasteiger charge is 2.43. The van der Waals surface area contributed by atoms with Gasteiger partial charge in [0.15, 0.2) is 16.9 Å². The third-order valence-electron chi connectivity index (χ3n) is 6.40. The van der Waals surface area contributed by atoms with Gasteiger partial charge in [-0.05, 0) is 61.4 Å². The van der Waals surface area contributed by atoms with E-state index in [1.807, 2.05) is 62.4 Å². The van der Waals surface area contributed by atoms with Crippen molar-refractivity contribution in [2.75, 3.05) is 13.4 Å². The van der Waals surface area contributed by atoms with Gasteiger partial charge in [0.2, 0.25) is 12.6 Å². The Morgan fingerprint density at radius 1 is 1.00 bits per heavy atom. The first kappa shape index (κ1) is 21.3. The minimum Gasteiger partial charge on any atom is -0.494 e. The van der Waals surface area contributed by atoms with E-state index in [1.165, 1.54) is 0 Å². The molecule has 2 aliphatic heterocycles. The third kappa shape index (κ3) is 3.51. The van der Waals surface area contributed by atoms with Gasteiger partial charge < -0.3 is 23.5 Å². The maximum absolute atomic E-state index is 13.8. The van der Waals surface area contributed by atoms with Crippen LogP contribution in [0.2, 0.25) is 0 Å². The Morgan fingerprint density at radius 3 is 2.71 bits per heavy atom. The van der Waals surface area contributed by atoms with Crippen molar-refractivity contribution in [2.24, 2.45) is 0 Å². The highest BCUT2D eigenvalue weighted by Crippen LogP contribution is 2.41. The molecule has 1 aromatic heterocycles. The molecule has 176 valence electrons. The van der Waals surface area contributed by atoms with E-state index in [0.29, 0.717) is 40.4 Å². The van der Waals surface area contributed by atoms with Crippen molar-refractivity contribution < 1.29 is 23.4 Å². The maximum atomic E-state index is 13.8. The molecule has 1 amide bonds. The van der Waals surface area contributed by atoms with Crippen molar-refractivity contribution in [3.63, 3.8) is 0 Å². The Hall–Kier alpha value is -4.26. The summed E-state index contributed by atoms with van der Waals surface area (Å²) in [5.41, 5.74) is 3.14. The van der Waals surface area contributed by atoms with Crippen LogP contribution in [0.3, 0.4) is 0 Å². The zero-order valence-corrected chi connectivity index (χ0v) is 19.4. The van der Waals surface area contributed by atoms with E-state index in [2.05, 4.69) is 0 Å². The summed E-state index contributed by atoms with van der Waals surface area (Å²) < 4.78 is 22.7. The molecule has 0 bridgehead atoms. The van der Waals surface area contributed by atoms with E-state index in [1.54, 1.807) is 17.0 Å². The second kappa shape index (κ2) is 8.20. The molecular weight excluding hydrogens is 446 g/mol. The number of fused-ring (bicyclic) bond motifs is 3. The lowest BCUT2D eigenvalue weighted by molar-refractivity contribution is 0.0714. The number of rotatable bonds is 5. The number of hydrogen-bond donors (Lipinski definition) is 0. The molecule has 1 atom stereocenters. The first-order valence-electron chi connectivity index (χ1n) is 11.5. The Balaban J connectivity index is 1.52. The van der Waals surface area contributed by atoms with Crippen molar-refractivity contribution in [1.29, 1.82) is 0 Å². The number of ether oxygens (including phenoxy) is 3. The van der Waals surface area contributed by atoms with Gasteiger partial charge in [-0.3, -0.25) is 9.59 Å². The molecule has 2 aliphatic rings. The predicted molar refractivity (Wildman–Crippen MR) is 129 cm³/mol. The van der Waals surface area contributed by atoms with Crippen molar-refractivity contribution in [1.82, 2.24) is 4.90 Å². The van der Waals surface area contributed by atoms with Gasteiger partial charge in [-0.25, -0.2) is 0 Å². The predicted octanol–water partition coefficient (Wildman–Crippen LogP) is 4.97. The van der Waals surface area contributed by atoms with Gasteiger partial charge in [0.25, 0.3) is 5.91 Å². The topological polar surface area (TPSA) is 78.2 Å². The average molecular weight is 469 g/mol. The summed E-state index contributed by atoms with van der Waals surface area (Å²) in [5, 5.41) is 0.465. The lowest BCUT2D eigenvalue weighted by Crippen LogP contribution is -2.29. The minimum atomic E-state index is -0.621. The molecule has 3 aromatic carbocycles. The second-order valence-electron chi connectivity index (χ2n) is 8.70. The van der Waals surface area contributed by atoms with Crippen molar-refractivity contribution in [2.45, 2.75) is 26.4 Å². The van der Waals surface area contributed by atoms with Crippen LogP contribution in [0.4, 0.5) is 0 Å². The summed E-state index contributed by atoms with van der Waals surface area (Å²) >= 11 is 0. The van der Waals surface area contributed by atoms with Crippen LogP contribution in [-0.4, -0.2) is 24.2 Å². The largest absolute Gasteiger partial charge is 0.494 e. The van der Waals surface area contributed by atoms with Crippen molar-refractivity contribution in [3.8, 4) is 17.2 Å². The number of carbonyl (C=O) groups excluding carboxylic acids is 1. The van der Waals surface area contributed by atoms with E-state index in [-0.39, 0.29) is 30.4 Å². The van der Waals surface area contributed by atoms with E-state index in [4.69, 9.17) is 18.6 Å². The summed E-state index contributed by atoms with van der Waals surface area (Å²) in [6.07, 6.45) is 0. The van der Waals surface area contributed by atoms with Gasteiger partial charge in [0, 0.05) is 6.54 Å². The number of nitrogens with zero attached hydrogens (tertiary/aromatic N) is 1. The fourth-order valence-corrected chi connectivity index (χ4v) is 4.82.